The van der Waals surface area contributed by atoms with Crippen LogP contribution in [0.2, 0.25) is 5.02 Å². The van der Waals surface area contributed by atoms with Gasteiger partial charge in [0.1, 0.15) is 5.82 Å². The van der Waals surface area contributed by atoms with Crippen molar-refractivity contribution in [2.24, 2.45) is 5.41 Å². The fourth-order valence-corrected chi connectivity index (χ4v) is 2.47. The number of aliphatic carboxylic acids is 1. The number of hydrogen-bond acceptors (Lipinski definition) is 2. The molecule has 0 saturated carbocycles. The topological polar surface area (TPSA) is 40.5 Å². The first-order valence-electron chi connectivity index (χ1n) is 5.80. The van der Waals surface area contributed by atoms with E-state index in [1.54, 1.807) is 13.0 Å². The first-order valence-corrected chi connectivity index (χ1v) is 6.18. The lowest BCUT2D eigenvalue weighted by Gasteiger charge is -2.20. The second-order valence-corrected chi connectivity index (χ2v) is 5.50. The van der Waals surface area contributed by atoms with E-state index in [1.807, 2.05) is 4.90 Å². The summed E-state index contributed by atoms with van der Waals surface area (Å²) in [6.07, 6.45) is 0.588. The normalized spacial score (nSPS) is 24.4. The highest BCUT2D eigenvalue weighted by atomic mass is 35.5. The van der Waals surface area contributed by atoms with E-state index in [2.05, 4.69) is 0 Å². The van der Waals surface area contributed by atoms with Crippen molar-refractivity contribution in [3.8, 4) is 0 Å². The highest BCUT2D eigenvalue weighted by molar-refractivity contribution is 6.30. The van der Waals surface area contributed by atoms with E-state index in [1.165, 1.54) is 12.1 Å². The Morgan fingerprint density at radius 1 is 1.61 bits per heavy atom. The van der Waals surface area contributed by atoms with Crippen LogP contribution in [-0.2, 0) is 11.3 Å². The van der Waals surface area contributed by atoms with E-state index in [9.17, 15) is 9.18 Å². The molecule has 18 heavy (non-hydrogen) atoms. The van der Waals surface area contributed by atoms with Gasteiger partial charge in [0.15, 0.2) is 0 Å². The predicted molar refractivity (Wildman–Crippen MR) is 67.0 cm³/mol. The summed E-state index contributed by atoms with van der Waals surface area (Å²) in [5.41, 5.74) is -0.216. The van der Waals surface area contributed by atoms with Crippen molar-refractivity contribution in [3.63, 3.8) is 0 Å². The summed E-state index contributed by atoms with van der Waals surface area (Å²) in [6, 6.07) is 4.43. The molecule has 5 heteroatoms. The Labute approximate surface area is 110 Å². The summed E-state index contributed by atoms with van der Waals surface area (Å²) in [5.74, 6) is -1.10. The number of carboxylic acid groups (broad SMARTS) is 1. The Hall–Kier alpha value is -1.13. The minimum atomic E-state index is -0.795. The molecule has 0 aromatic heterocycles. The molecule has 1 N–H and O–H groups in total. The molecule has 0 bridgehead atoms. The van der Waals surface area contributed by atoms with Crippen molar-refractivity contribution in [1.82, 2.24) is 4.90 Å². The van der Waals surface area contributed by atoms with Crippen molar-refractivity contribution >= 4 is 17.6 Å². The first kappa shape index (κ1) is 13.3. The average Bonchev–Trinajstić information content (AvgIpc) is 2.67. The molecular weight excluding hydrogens is 257 g/mol. The van der Waals surface area contributed by atoms with Crippen LogP contribution in [0, 0.1) is 11.2 Å². The molecular formula is C13H15ClFNO2. The number of carboxylic acids is 1. The van der Waals surface area contributed by atoms with Crippen molar-refractivity contribution in [2.75, 3.05) is 13.1 Å². The SMILES string of the molecule is CC1(C(=O)O)CCN(Cc2cc(Cl)ccc2F)C1. The van der Waals surface area contributed by atoms with E-state index in [-0.39, 0.29) is 5.82 Å². The Morgan fingerprint density at radius 2 is 2.33 bits per heavy atom. The van der Waals surface area contributed by atoms with Gasteiger partial charge in [-0.15, -0.1) is 0 Å². The number of halogens is 2. The molecule has 0 radical (unpaired) electrons. The molecule has 1 unspecified atom stereocenters. The highest BCUT2D eigenvalue weighted by Crippen LogP contribution is 2.31. The molecule has 0 spiro atoms. The predicted octanol–water partition coefficient (Wildman–Crippen LogP) is 2.78. The van der Waals surface area contributed by atoms with Crippen LogP contribution in [0.5, 0.6) is 0 Å². The summed E-state index contributed by atoms with van der Waals surface area (Å²) in [7, 11) is 0. The van der Waals surface area contributed by atoms with Crippen molar-refractivity contribution in [2.45, 2.75) is 19.9 Å². The average molecular weight is 272 g/mol. The van der Waals surface area contributed by atoms with Crippen LogP contribution in [0.4, 0.5) is 4.39 Å². The second kappa shape index (κ2) is 4.86. The van der Waals surface area contributed by atoms with Gasteiger partial charge in [0.05, 0.1) is 5.41 Å². The molecule has 2 rings (SSSR count). The molecule has 1 heterocycles. The zero-order valence-electron chi connectivity index (χ0n) is 10.1. The Bertz CT molecular complexity index is 480. The van der Waals surface area contributed by atoms with Crippen LogP contribution in [0.15, 0.2) is 18.2 Å². The number of carbonyl (C=O) groups is 1. The van der Waals surface area contributed by atoms with Gasteiger partial charge in [0, 0.05) is 23.7 Å². The maximum atomic E-state index is 13.6. The standard InChI is InChI=1S/C13H15ClFNO2/c1-13(12(17)18)4-5-16(8-13)7-9-6-10(14)2-3-11(9)15/h2-3,6H,4-5,7-8H2,1H3,(H,17,18). The Morgan fingerprint density at radius 3 is 2.94 bits per heavy atom. The van der Waals surface area contributed by atoms with Crippen LogP contribution >= 0.6 is 11.6 Å². The smallest absolute Gasteiger partial charge is 0.310 e. The van der Waals surface area contributed by atoms with Gasteiger partial charge in [-0.25, -0.2) is 4.39 Å². The van der Waals surface area contributed by atoms with Crippen molar-refractivity contribution in [1.29, 1.82) is 0 Å². The van der Waals surface area contributed by atoms with Gasteiger partial charge in [-0.2, -0.15) is 0 Å². The number of hydrogen-bond donors (Lipinski definition) is 1. The van der Waals surface area contributed by atoms with Crippen LogP contribution in [0.25, 0.3) is 0 Å². The van der Waals surface area contributed by atoms with Gasteiger partial charge >= 0.3 is 5.97 Å². The Balaban J connectivity index is 2.08. The molecule has 1 aliphatic rings. The molecule has 1 aromatic rings. The van der Waals surface area contributed by atoms with Gasteiger partial charge < -0.3 is 5.11 Å². The number of benzene rings is 1. The van der Waals surface area contributed by atoms with E-state index in [0.29, 0.717) is 36.6 Å². The van der Waals surface area contributed by atoms with Gasteiger partial charge in [-0.1, -0.05) is 11.6 Å². The van der Waals surface area contributed by atoms with E-state index < -0.39 is 11.4 Å². The molecule has 1 aliphatic heterocycles. The second-order valence-electron chi connectivity index (χ2n) is 5.06. The largest absolute Gasteiger partial charge is 0.481 e. The quantitative estimate of drug-likeness (QED) is 0.919. The van der Waals surface area contributed by atoms with Gasteiger partial charge in [0.2, 0.25) is 0 Å². The van der Waals surface area contributed by atoms with Gasteiger partial charge in [-0.05, 0) is 38.1 Å². The van der Waals surface area contributed by atoms with E-state index >= 15 is 0 Å². The zero-order valence-corrected chi connectivity index (χ0v) is 10.9. The lowest BCUT2D eigenvalue weighted by atomic mass is 9.90. The molecule has 1 saturated heterocycles. The van der Waals surface area contributed by atoms with Crippen LogP contribution in [-0.4, -0.2) is 29.1 Å². The summed E-state index contributed by atoms with van der Waals surface area (Å²) < 4.78 is 13.6. The van der Waals surface area contributed by atoms with Crippen molar-refractivity contribution in [3.05, 3.63) is 34.6 Å². The lowest BCUT2D eigenvalue weighted by Crippen LogP contribution is -2.31. The zero-order chi connectivity index (χ0) is 13.3. The summed E-state index contributed by atoms with van der Waals surface area (Å²) >= 11 is 5.83. The lowest BCUT2D eigenvalue weighted by molar-refractivity contribution is -0.147. The Kier molecular flexibility index (Phi) is 3.59. The molecule has 1 atom stereocenters. The number of rotatable bonds is 3. The summed E-state index contributed by atoms with van der Waals surface area (Å²) in [4.78, 5) is 13.1. The maximum absolute atomic E-state index is 13.6. The number of nitrogens with zero attached hydrogens (tertiary/aromatic N) is 1. The third kappa shape index (κ3) is 2.65. The highest BCUT2D eigenvalue weighted by Gasteiger charge is 2.40. The van der Waals surface area contributed by atoms with Crippen LogP contribution in [0.1, 0.15) is 18.9 Å². The van der Waals surface area contributed by atoms with E-state index in [0.717, 1.165) is 0 Å². The van der Waals surface area contributed by atoms with Crippen LogP contribution in [0.3, 0.4) is 0 Å². The number of likely N-dealkylation sites (tertiary alicyclic amines) is 1. The molecule has 3 nitrogen and oxygen atoms in total. The molecule has 1 fully saturated rings. The van der Waals surface area contributed by atoms with Gasteiger partial charge in [0.25, 0.3) is 0 Å². The molecule has 0 amide bonds. The monoisotopic (exact) mass is 271 g/mol. The maximum Gasteiger partial charge on any atom is 0.310 e. The fourth-order valence-electron chi connectivity index (χ4n) is 2.27. The first-order chi connectivity index (χ1) is 8.40. The van der Waals surface area contributed by atoms with Crippen molar-refractivity contribution < 1.29 is 14.3 Å². The van der Waals surface area contributed by atoms with Gasteiger partial charge in [-0.3, -0.25) is 9.69 Å². The molecule has 98 valence electrons. The third-order valence-corrected chi connectivity index (χ3v) is 3.71. The summed E-state index contributed by atoms with van der Waals surface area (Å²) in [5, 5.41) is 9.63. The minimum absolute atomic E-state index is 0.302. The summed E-state index contributed by atoms with van der Waals surface area (Å²) in [6.45, 7) is 3.22. The van der Waals surface area contributed by atoms with Crippen LogP contribution < -0.4 is 0 Å². The minimum Gasteiger partial charge on any atom is -0.481 e. The van der Waals surface area contributed by atoms with E-state index in [4.69, 9.17) is 16.7 Å². The molecule has 1 aromatic carbocycles. The fraction of sp³-hybridized carbons (Fsp3) is 0.462. The third-order valence-electron chi connectivity index (χ3n) is 3.47. The molecule has 0 aliphatic carbocycles.